The van der Waals surface area contributed by atoms with Crippen LogP contribution >= 0.6 is 0 Å². The summed E-state index contributed by atoms with van der Waals surface area (Å²) >= 11 is 0. The summed E-state index contributed by atoms with van der Waals surface area (Å²) in [5.74, 6) is 1.16. The summed E-state index contributed by atoms with van der Waals surface area (Å²) < 4.78 is 5.74. The SMILES string of the molecule is C=CCN(C(=O)Cc1nc(-c2ccccc2)oc1C)c1ccccc1. The standard InChI is InChI=1S/C21H20N2O2/c1-3-14-23(18-12-8-5-9-13-18)20(24)15-19-16(2)25-21(22-19)17-10-6-4-7-11-17/h3-13H,1,14-15H2,2H3. The van der Waals surface area contributed by atoms with Crippen molar-refractivity contribution in [2.45, 2.75) is 13.3 Å². The van der Waals surface area contributed by atoms with Crippen LogP contribution in [0.4, 0.5) is 5.69 Å². The zero-order valence-corrected chi connectivity index (χ0v) is 14.2. The second-order valence-electron chi connectivity index (χ2n) is 5.69. The molecule has 0 spiro atoms. The number of nitrogens with zero attached hydrogens (tertiary/aromatic N) is 2. The van der Waals surface area contributed by atoms with E-state index in [2.05, 4.69) is 11.6 Å². The van der Waals surface area contributed by atoms with Crippen molar-refractivity contribution < 1.29 is 9.21 Å². The van der Waals surface area contributed by atoms with Gasteiger partial charge < -0.3 is 9.32 Å². The van der Waals surface area contributed by atoms with Crippen molar-refractivity contribution in [3.05, 3.63) is 84.8 Å². The van der Waals surface area contributed by atoms with Gasteiger partial charge in [0.15, 0.2) is 0 Å². The summed E-state index contributed by atoms with van der Waals surface area (Å²) in [7, 11) is 0. The smallest absolute Gasteiger partial charge is 0.233 e. The van der Waals surface area contributed by atoms with Gasteiger partial charge in [-0.05, 0) is 31.2 Å². The van der Waals surface area contributed by atoms with Gasteiger partial charge in [0.1, 0.15) is 5.76 Å². The summed E-state index contributed by atoms with van der Waals surface area (Å²) in [6.07, 6.45) is 1.90. The van der Waals surface area contributed by atoms with E-state index < -0.39 is 0 Å². The first kappa shape index (κ1) is 16.7. The molecule has 3 rings (SSSR count). The highest BCUT2D eigenvalue weighted by molar-refractivity contribution is 5.94. The maximum atomic E-state index is 12.8. The van der Waals surface area contributed by atoms with Crippen LogP contribution < -0.4 is 4.90 Å². The molecule has 0 atom stereocenters. The first-order valence-corrected chi connectivity index (χ1v) is 8.17. The van der Waals surface area contributed by atoms with Gasteiger partial charge in [0.25, 0.3) is 0 Å². The number of rotatable bonds is 6. The van der Waals surface area contributed by atoms with Gasteiger partial charge >= 0.3 is 0 Å². The zero-order chi connectivity index (χ0) is 17.6. The summed E-state index contributed by atoms with van der Waals surface area (Å²) in [4.78, 5) is 19.0. The molecule has 0 aliphatic carbocycles. The summed E-state index contributed by atoms with van der Waals surface area (Å²) in [5.41, 5.74) is 2.40. The molecule has 1 aromatic heterocycles. The Bertz CT molecular complexity index is 854. The lowest BCUT2D eigenvalue weighted by Crippen LogP contribution is -2.32. The molecule has 1 heterocycles. The maximum absolute atomic E-state index is 12.8. The average molecular weight is 332 g/mol. The third kappa shape index (κ3) is 3.86. The highest BCUT2D eigenvalue weighted by Crippen LogP contribution is 2.23. The number of oxazole rings is 1. The second kappa shape index (κ2) is 7.62. The monoisotopic (exact) mass is 332 g/mol. The van der Waals surface area contributed by atoms with Crippen molar-refractivity contribution in [3.63, 3.8) is 0 Å². The molecule has 0 unspecified atom stereocenters. The first-order chi connectivity index (χ1) is 12.2. The molecule has 25 heavy (non-hydrogen) atoms. The molecule has 0 bridgehead atoms. The van der Waals surface area contributed by atoms with E-state index in [0.29, 0.717) is 23.9 Å². The third-order valence-corrected chi connectivity index (χ3v) is 3.91. The molecule has 2 aromatic carbocycles. The van der Waals surface area contributed by atoms with Gasteiger partial charge in [-0.2, -0.15) is 0 Å². The molecule has 4 nitrogen and oxygen atoms in total. The summed E-state index contributed by atoms with van der Waals surface area (Å²) in [6, 6.07) is 19.2. The summed E-state index contributed by atoms with van der Waals surface area (Å²) in [5, 5.41) is 0. The van der Waals surface area contributed by atoms with E-state index in [1.54, 1.807) is 11.0 Å². The molecule has 126 valence electrons. The number of para-hydroxylation sites is 1. The van der Waals surface area contributed by atoms with E-state index in [1.165, 1.54) is 0 Å². The average Bonchev–Trinajstić information content (AvgIpc) is 3.01. The molecule has 4 heteroatoms. The van der Waals surface area contributed by atoms with Crippen LogP contribution in [0.25, 0.3) is 11.5 Å². The molecule has 0 aliphatic rings. The second-order valence-corrected chi connectivity index (χ2v) is 5.69. The van der Waals surface area contributed by atoms with Gasteiger partial charge in [-0.15, -0.1) is 6.58 Å². The number of carbonyl (C=O) groups excluding carboxylic acids is 1. The fraction of sp³-hybridized carbons (Fsp3) is 0.143. The molecular formula is C21H20N2O2. The molecule has 0 aliphatic heterocycles. The molecule has 0 N–H and O–H groups in total. The third-order valence-electron chi connectivity index (χ3n) is 3.91. The first-order valence-electron chi connectivity index (χ1n) is 8.17. The number of hydrogen-bond acceptors (Lipinski definition) is 3. The summed E-state index contributed by atoms with van der Waals surface area (Å²) in [6.45, 7) is 6.03. The van der Waals surface area contributed by atoms with Crippen molar-refractivity contribution in [3.8, 4) is 11.5 Å². The Morgan fingerprint density at radius 3 is 2.40 bits per heavy atom. The number of aromatic nitrogens is 1. The Morgan fingerprint density at radius 1 is 1.12 bits per heavy atom. The van der Waals surface area contributed by atoms with Crippen LogP contribution in [0.15, 0.2) is 77.7 Å². The molecule has 3 aromatic rings. The largest absolute Gasteiger partial charge is 0.441 e. The normalized spacial score (nSPS) is 10.4. The molecule has 0 saturated carbocycles. The van der Waals surface area contributed by atoms with Crippen LogP contribution in [0.2, 0.25) is 0 Å². The van der Waals surface area contributed by atoms with E-state index in [9.17, 15) is 4.79 Å². The zero-order valence-electron chi connectivity index (χ0n) is 14.2. The van der Waals surface area contributed by atoms with Crippen molar-refractivity contribution in [1.82, 2.24) is 4.98 Å². The number of hydrogen-bond donors (Lipinski definition) is 0. The van der Waals surface area contributed by atoms with E-state index in [1.807, 2.05) is 67.6 Å². The number of carbonyl (C=O) groups is 1. The van der Waals surface area contributed by atoms with Crippen LogP contribution in [0.3, 0.4) is 0 Å². The Labute approximate surface area is 147 Å². The fourth-order valence-electron chi connectivity index (χ4n) is 2.62. The lowest BCUT2D eigenvalue weighted by atomic mass is 10.2. The van der Waals surface area contributed by atoms with E-state index in [0.717, 1.165) is 11.3 Å². The van der Waals surface area contributed by atoms with E-state index >= 15 is 0 Å². The predicted octanol–water partition coefficient (Wildman–Crippen LogP) is 4.41. The molecule has 0 radical (unpaired) electrons. The van der Waals surface area contributed by atoms with Crippen molar-refractivity contribution >= 4 is 11.6 Å². The maximum Gasteiger partial charge on any atom is 0.233 e. The van der Waals surface area contributed by atoms with Gasteiger partial charge in [0, 0.05) is 17.8 Å². The van der Waals surface area contributed by atoms with Gasteiger partial charge in [0.05, 0.1) is 12.1 Å². The van der Waals surface area contributed by atoms with E-state index in [4.69, 9.17) is 4.42 Å². The number of anilines is 1. The van der Waals surface area contributed by atoms with Gasteiger partial charge in [0.2, 0.25) is 11.8 Å². The predicted molar refractivity (Wildman–Crippen MR) is 99.4 cm³/mol. The highest BCUT2D eigenvalue weighted by atomic mass is 16.4. The number of benzene rings is 2. The van der Waals surface area contributed by atoms with Crippen molar-refractivity contribution in [1.29, 1.82) is 0 Å². The van der Waals surface area contributed by atoms with Crippen LogP contribution in [0.5, 0.6) is 0 Å². The van der Waals surface area contributed by atoms with Gasteiger partial charge in [-0.3, -0.25) is 4.79 Å². The van der Waals surface area contributed by atoms with Crippen molar-refractivity contribution in [2.75, 3.05) is 11.4 Å². The Hall–Kier alpha value is -3.14. The van der Waals surface area contributed by atoms with Gasteiger partial charge in [-0.25, -0.2) is 4.98 Å². The Morgan fingerprint density at radius 2 is 1.76 bits per heavy atom. The fourth-order valence-corrected chi connectivity index (χ4v) is 2.62. The Balaban J connectivity index is 1.82. The topological polar surface area (TPSA) is 46.3 Å². The Kier molecular flexibility index (Phi) is 5.09. The quantitative estimate of drug-likeness (QED) is 0.628. The van der Waals surface area contributed by atoms with E-state index in [-0.39, 0.29) is 12.3 Å². The van der Waals surface area contributed by atoms with Crippen LogP contribution in [0.1, 0.15) is 11.5 Å². The molecular weight excluding hydrogens is 312 g/mol. The minimum absolute atomic E-state index is 0.0397. The minimum atomic E-state index is -0.0397. The highest BCUT2D eigenvalue weighted by Gasteiger charge is 2.19. The van der Waals surface area contributed by atoms with Gasteiger partial charge in [-0.1, -0.05) is 42.5 Å². The van der Waals surface area contributed by atoms with Crippen molar-refractivity contribution in [2.24, 2.45) is 0 Å². The number of amides is 1. The number of aryl methyl sites for hydroxylation is 1. The van der Waals surface area contributed by atoms with Crippen LogP contribution in [-0.2, 0) is 11.2 Å². The molecule has 0 fully saturated rings. The molecule has 0 saturated heterocycles. The molecule has 1 amide bonds. The minimum Gasteiger partial charge on any atom is -0.441 e. The lowest BCUT2D eigenvalue weighted by molar-refractivity contribution is -0.117. The van der Waals surface area contributed by atoms with Crippen LogP contribution in [-0.4, -0.2) is 17.4 Å². The lowest BCUT2D eigenvalue weighted by Gasteiger charge is -2.20. The van der Waals surface area contributed by atoms with Crippen LogP contribution in [0, 0.1) is 6.92 Å².